The minimum absolute atomic E-state index is 0.0942. The second-order valence-electron chi connectivity index (χ2n) is 6.58. The molecule has 1 saturated heterocycles. The first-order valence-corrected chi connectivity index (χ1v) is 9.80. The van der Waals surface area contributed by atoms with E-state index in [0.717, 1.165) is 0 Å². The molecule has 0 spiro atoms. The summed E-state index contributed by atoms with van der Waals surface area (Å²) in [6, 6.07) is 10.4. The van der Waals surface area contributed by atoms with E-state index in [1.165, 1.54) is 24.3 Å². The third kappa shape index (κ3) is 6.32. The van der Waals surface area contributed by atoms with Crippen molar-refractivity contribution in [2.75, 3.05) is 44.6 Å². The summed E-state index contributed by atoms with van der Waals surface area (Å²) in [5, 5.41) is 3.52. The van der Waals surface area contributed by atoms with Crippen LogP contribution >= 0.6 is 23.2 Å². The van der Waals surface area contributed by atoms with E-state index in [1.54, 1.807) is 23.1 Å². The number of benzene rings is 2. The molecule has 3 rings (SSSR count). The van der Waals surface area contributed by atoms with Gasteiger partial charge in [-0.1, -0.05) is 23.2 Å². The van der Waals surface area contributed by atoms with Gasteiger partial charge in [-0.3, -0.25) is 14.5 Å². The van der Waals surface area contributed by atoms with Gasteiger partial charge in [0, 0.05) is 37.9 Å². The highest BCUT2D eigenvalue weighted by molar-refractivity contribution is 6.42. The highest BCUT2D eigenvalue weighted by Gasteiger charge is 2.22. The minimum atomic E-state index is -0.355. The monoisotopic (exact) mass is 439 g/mol. The molecule has 1 fully saturated rings. The van der Waals surface area contributed by atoms with Crippen molar-refractivity contribution in [1.82, 2.24) is 9.80 Å². The molecule has 0 saturated carbocycles. The number of amides is 2. The van der Waals surface area contributed by atoms with Crippen molar-refractivity contribution in [3.05, 3.63) is 58.3 Å². The van der Waals surface area contributed by atoms with Crippen LogP contribution in [0, 0.1) is 5.82 Å². The van der Waals surface area contributed by atoms with Gasteiger partial charge in [-0.2, -0.15) is 0 Å². The Labute approximate surface area is 178 Å². The maximum atomic E-state index is 12.9. The highest BCUT2D eigenvalue weighted by atomic mass is 35.5. The Balaban J connectivity index is 1.40. The first kappa shape index (κ1) is 21.4. The molecule has 0 radical (unpaired) electrons. The van der Waals surface area contributed by atoms with E-state index in [-0.39, 0.29) is 30.8 Å². The average molecular weight is 440 g/mol. The van der Waals surface area contributed by atoms with Gasteiger partial charge in [0.1, 0.15) is 11.6 Å². The number of nitrogens with one attached hydrogen (secondary N) is 1. The Morgan fingerprint density at radius 1 is 1.00 bits per heavy atom. The van der Waals surface area contributed by atoms with Crippen molar-refractivity contribution in [3.8, 4) is 5.75 Å². The highest BCUT2D eigenvalue weighted by Crippen LogP contribution is 2.26. The van der Waals surface area contributed by atoms with Gasteiger partial charge in [0.05, 0.1) is 16.6 Å². The number of hydrogen-bond donors (Lipinski definition) is 1. The fourth-order valence-electron chi connectivity index (χ4n) is 2.90. The predicted molar refractivity (Wildman–Crippen MR) is 110 cm³/mol. The van der Waals surface area contributed by atoms with Crippen molar-refractivity contribution in [2.24, 2.45) is 0 Å². The quantitative estimate of drug-likeness (QED) is 0.749. The van der Waals surface area contributed by atoms with Crippen molar-refractivity contribution < 1.29 is 18.7 Å². The lowest BCUT2D eigenvalue weighted by molar-refractivity contribution is -0.135. The predicted octanol–water partition coefficient (Wildman–Crippen LogP) is 3.29. The van der Waals surface area contributed by atoms with E-state index in [1.807, 2.05) is 4.90 Å². The molecule has 9 heteroatoms. The van der Waals surface area contributed by atoms with Crippen LogP contribution in [0.15, 0.2) is 42.5 Å². The van der Waals surface area contributed by atoms with Crippen molar-refractivity contribution >= 4 is 40.7 Å². The molecule has 0 bridgehead atoms. The molecule has 6 nitrogen and oxygen atoms in total. The molecule has 0 atom stereocenters. The van der Waals surface area contributed by atoms with E-state index in [0.29, 0.717) is 47.7 Å². The Morgan fingerprint density at radius 2 is 1.69 bits per heavy atom. The molecule has 1 aliphatic heterocycles. The normalized spacial score (nSPS) is 14.5. The number of rotatable bonds is 6. The zero-order valence-electron chi connectivity index (χ0n) is 15.5. The van der Waals surface area contributed by atoms with Gasteiger partial charge in [0.25, 0.3) is 5.91 Å². The van der Waals surface area contributed by atoms with Gasteiger partial charge in [0.15, 0.2) is 6.61 Å². The summed E-state index contributed by atoms with van der Waals surface area (Å²) in [5.74, 6) is -0.193. The summed E-state index contributed by atoms with van der Waals surface area (Å²) >= 11 is 11.8. The van der Waals surface area contributed by atoms with Gasteiger partial charge in [-0.05, 0) is 36.4 Å². The molecule has 2 aromatic carbocycles. The molecular formula is C20H20Cl2FN3O3. The Morgan fingerprint density at radius 3 is 2.34 bits per heavy atom. The summed E-state index contributed by atoms with van der Waals surface area (Å²) in [6.07, 6.45) is 0. The Hall–Kier alpha value is -2.35. The van der Waals surface area contributed by atoms with E-state index in [4.69, 9.17) is 27.9 Å². The van der Waals surface area contributed by atoms with E-state index in [9.17, 15) is 14.0 Å². The summed E-state index contributed by atoms with van der Waals surface area (Å²) in [6.45, 7) is 2.29. The topological polar surface area (TPSA) is 61.9 Å². The molecule has 0 aliphatic carbocycles. The van der Waals surface area contributed by atoms with Crippen LogP contribution in [0.25, 0.3) is 0 Å². The summed E-state index contributed by atoms with van der Waals surface area (Å²) < 4.78 is 18.4. The number of piperazine rings is 1. The summed E-state index contributed by atoms with van der Waals surface area (Å²) in [4.78, 5) is 28.1. The van der Waals surface area contributed by atoms with Crippen molar-refractivity contribution in [3.63, 3.8) is 0 Å². The molecule has 0 aromatic heterocycles. The summed E-state index contributed by atoms with van der Waals surface area (Å²) in [5.41, 5.74) is 0.546. The first-order chi connectivity index (χ1) is 13.9. The fourth-order valence-corrected chi connectivity index (χ4v) is 3.18. The van der Waals surface area contributed by atoms with Crippen molar-refractivity contribution in [1.29, 1.82) is 0 Å². The zero-order valence-corrected chi connectivity index (χ0v) is 17.0. The molecular weight excluding hydrogens is 420 g/mol. The van der Waals surface area contributed by atoms with Crippen LogP contribution in [0.2, 0.25) is 10.0 Å². The van der Waals surface area contributed by atoms with Crippen molar-refractivity contribution in [2.45, 2.75) is 0 Å². The molecule has 0 unspecified atom stereocenters. The van der Waals surface area contributed by atoms with Gasteiger partial charge < -0.3 is 15.0 Å². The summed E-state index contributed by atoms with van der Waals surface area (Å²) in [7, 11) is 0. The van der Waals surface area contributed by atoms with Crippen LogP contribution in [-0.2, 0) is 9.59 Å². The molecule has 2 amide bonds. The zero-order chi connectivity index (χ0) is 20.8. The van der Waals surface area contributed by atoms with Crippen LogP contribution in [0.1, 0.15) is 0 Å². The second kappa shape index (κ2) is 9.91. The molecule has 154 valence electrons. The molecule has 1 N–H and O–H groups in total. The Kier molecular flexibility index (Phi) is 7.30. The van der Waals surface area contributed by atoms with Gasteiger partial charge in [-0.25, -0.2) is 4.39 Å². The van der Waals surface area contributed by atoms with E-state index in [2.05, 4.69) is 5.32 Å². The largest absolute Gasteiger partial charge is 0.484 e. The molecule has 1 heterocycles. The third-order valence-corrected chi connectivity index (χ3v) is 5.21. The average Bonchev–Trinajstić information content (AvgIpc) is 2.71. The Bertz CT molecular complexity index is 872. The number of ether oxygens (including phenoxy) is 1. The van der Waals surface area contributed by atoms with Crippen LogP contribution in [0.3, 0.4) is 0 Å². The standard InChI is InChI=1S/C20H20Cl2FN3O3/c21-17-6-5-16(11-18(17)22)29-13-20(28)26-9-7-25(8-10-26)12-19(27)24-15-3-1-14(23)2-4-15/h1-6,11H,7-10,12-13H2,(H,24,27). The first-order valence-electron chi connectivity index (χ1n) is 9.04. The number of carbonyl (C=O) groups excluding carboxylic acids is 2. The SMILES string of the molecule is O=C(CN1CCN(C(=O)COc2ccc(Cl)c(Cl)c2)CC1)Nc1ccc(F)cc1. The number of hydrogen-bond acceptors (Lipinski definition) is 4. The third-order valence-electron chi connectivity index (χ3n) is 4.47. The molecule has 1 aliphatic rings. The van der Waals surface area contributed by atoms with E-state index >= 15 is 0 Å². The van der Waals surface area contributed by atoms with E-state index < -0.39 is 0 Å². The van der Waals surface area contributed by atoms with Gasteiger partial charge >= 0.3 is 0 Å². The van der Waals surface area contributed by atoms with Crippen LogP contribution in [-0.4, -0.2) is 60.9 Å². The van der Waals surface area contributed by atoms with Crippen LogP contribution in [0.5, 0.6) is 5.75 Å². The van der Waals surface area contributed by atoms with Gasteiger partial charge in [-0.15, -0.1) is 0 Å². The van der Waals surface area contributed by atoms with Gasteiger partial charge in [0.2, 0.25) is 5.91 Å². The number of halogens is 3. The minimum Gasteiger partial charge on any atom is -0.484 e. The maximum Gasteiger partial charge on any atom is 0.260 e. The number of anilines is 1. The smallest absolute Gasteiger partial charge is 0.260 e. The lowest BCUT2D eigenvalue weighted by Crippen LogP contribution is -2.51. The maximum absolute atomic E-state index is 12.9. The van der Waals surface area contributed by atoms with Crippen LogP contribution < -0.4 is 10.1 Å². The van der Waals surface area contributed by atoms with Crippen LogP contribution in [0.4, 0.5) is 10.1 Å². The fraction of sp³-hybridized carbons (Fsp3) is 0.300. The second-order valence-corrected chi connectivity index (χ2v) is 7.39. The number of nitrogens with zero attached hydrogens (tertiary/aromatic N) is 2. The lowest BCUT2D eigenvalue weighted by atomic mass is 10.3. The molecule has 29 heavy (non-hydrogen) atoms. The number of carbonyl (C=O) groups is 2. The molecule has 2 aromatic rings. The lowest BCUT2D eigenvalue weighted by Gasteiger charge is -2.34.